The van der Waals surface area contributed by atoms with Crippen LogP contribution in [0.4, 0.5) is 0 Å². The highest BCUT2D eigenvalue weighted by Gasteiger charge is 2.39. The lowest BCUT2D eigenvalue weighted by molar-refractivity contribution is -0.137. The molecule has 8 nitrogen and oxygen atoms in total. The number of furan rings is 3. The van der Waals surface area contributed by atoms with Crippen molar-refractivity contribution in [2.24, 2.45) is 0 Å². The number of carbonyl (C=O) groups is 3. The first-order valence-corrected chi connectivity index (χ1v) is 8.86. The molecule has 1 N–H and O–H groups in total. The number of hydrogen-bond donors (Lipinski definition) is 1. The number of aldehydes is 1. The zero-order valence-electron chi connectivity index (χ0n) is 15.5. The molecule has 4 rings (SSSR count). The number of nitrogens with zero attached hydrogens (tertiary/aromatic N) is 1. The predicted octanol–water partition coefficient (Wildman–Crippen LogP) is 3.47. The molecule has 0 fully saturated rings. The lowest BCUT2D eigenvalue weighted by Gasteiger charge is -2.19. The summed E-state index contributed by atoms with van der Waals surface area (Å²) in [6.07, 6.45) is 7.63. The van der Waals surface area contributed by atoms with E-state index in [1.54, 1.807) is 36.4 Å². The van der Waals surface area contributed by atoms with Gasteiger partial charge < -0.3 is 23.3 Å². The minimum Gasteiger partial charge on any atom is -0.480 e. The Labute approximate surface area is 170 Å². The number of carbonyl (C=O) groups excluding carboxylic acids is 2. The third-order valence-electron chi connectivity index (χ3n) is 4.38. The lowest BCUT2D eigenvalue weighted by atomic mass is 10.00. The average Bonchev–Trinajstić information content (AvgIpc) is 3.51. The van der Waals surface area contributed by atoms with Gasteiger partial charge in [0.2, 0.25) is 5.78 Å². The number of Topliss-reactive ketones (excluding diaryl/α,β-unsaturated/α-hetero) is 1. The number of carboxylic acids is 1. The summed E-state index contributed by atoms with van der Waals surface area (Å²) in [6.45, 7) is -0.523. The van der Waals surface area contributed by atoms with Crippen LogP contribution in [0, 0.1) is 0 Å². The highest BCUT2D eigenvalue weighted by molar-refractivity contribution is 6.25. The molecule has 150 valence electrons. The number of aliphatic carboxylic acids is 1. The second kappa shape index (κ2) is 7.96. The zero-order valence-corrected chi connectivity index (χ0v) is 15.5. The van der Waals surface area contributed by atoms with Crippen molar-refractivity contribution in [3.8, 4) is 0 Å². The maximum absolute atomic E-state index is 13.4. The van der Waals surface area contributed by atoms with Crippen molar-refractivity contribution in [1.82, 2.24) is 4.90 Å². The van der Waals surface area contributed by atoms with Crippen molar-refractivity contribution in [3.05, 3.63) is 89.3 Å². The monoisotopic (exact) mass is 405 g/mol. The Kier molecular flexibility index (Phi) is 5.04. The number of ketones is 1. The normalized spacial score (nSPS) is 16.0. The minimum absolute atomic E-state index is 0.00964. The van der Waals surface area contributed by atoms with E-state index in [2.05, 4.69) is 0 Å². The van der Waals surface area contributed by atoms with E-state index in [1.165, 1.54) is 35.8 Å². The molecule has 8 heteroatoms. The number of carboxylic acid groups (broad SMARTS) is 1. The van der Waals surface area contributed by atoms with Gasteiger partial charge >= 0.3 is 5.97 Å². The SMILES string of the molecule is O=C/C(=C/c1ccco1)C1=C(c2ccco2)N(CC(=O)O)/C(=C/c2ccco2)C1=O. The molecule has 0 saturated carbocycles. The van der Waals surface area contributed by atoms with Crippen LogP contribution in [0.5, 0.6) is 0 Å². The van der Waals surface area contributed by atoms with Gasteiger partial charge in [-0.15, -0.1) is 0 Å². The number of rotatable bonds is 7. The molecule has 1 aliphatic rings. The van der Waals surface area contributed by atoms with Crippen LogP contribution >= 0.6 is 0 Å². The Morgan fingerprint density at radius 2 is 1.67 bits per heavy atom. The second-order valence-electron chi connectivity index (χ2n) is 6.29. The zero-order chi connectivity index (χ0) is 21.1. The molecule has 0 aliphatic carbocycles. The maximum atomic E-state index is 13.4. The average molecular weight is 405 g/mol. The fraction of sp³-hybridized carbons (Fsp3) is 0.0455. The summed E-state index contributed by atoms with van der Waals surface area (Å²) in [5.41, 5.74) is 0.256. The molecule has 0 spiro atoms. The van der Waals surface area contributed by atoms with Crippen molar-refractivity contribution in [3.63, 3.8) is 0 Å². The molecular weight excluding hydrogens is 390 g/mol. The van der Waals surface area contributed by atoms with Crippen LogP contribution in [0.25, 0.3) is 17.8 Å². The van der Waals surface area contributed by atoms with E-state index in [0.717, 1.165) is 0 Å². The van der Waals surface area contributed by atoms with Gasteiger partial charge in [0.05, 0.1) is 35.8 Å². The van der Waals surface area contributed by atoms with Crippen molar-refractivity contribution in [1.29, 1.82) is 0 Å². The van der Waals surface area contributed by atoms with Gasteiger partial charge in [0.25, 0.3) is 0 Å². The molecule has 30 heavy (non-hydrogen) atoms. The molecule has 0 atom stereocenters. The number of allylic oxidation sites excluding steroid dienone is 2. The molecule has 3 aromatic heterocycles. The number of hydrogen-bond acceptors (Lipinski definition) is 7. The predicted molar refractivity (Wildman–Crippen MR) is 104 cm³/mol. The van der Waals surface area contributed by atoms with Crippen LogP contribution in [-0.4, -0.2) is 34.6 Å². The van der Waals surface area contributed by atoms with Crippen LogP contribution in [0.1, 0.15) is 17.3 Å². The molecule has 0 radical (unpaired) electrons. The van der Waals surface area contributed by atoms with Gasteiger partial charge in [0, 0.05) is 11.6 Å². The lowest BCUT2D eigenvalue weighted by Crippen LogP contribution is -2.26. The summed E-state index contributed by atoms with van der Waals surface area (Å²) in [5.74, 6) is -0.736. The molecule has 0 amide bonds. The molecule has 0 aromatic carbocycles. The Hall–Kier alpha value is -4.33. The van der Waals surface area contributed by atoms with Gasteiger partial charge in [-0.3, -0.25) is 14.4 Å². The van der Waals surface area contributed by atoms with E-state index in [9.17, 15) is 19.5 Å². The molecule has 1 aliphatic heterocycles. The summed E-state index contributed by atoms with van der Waals surface area (Å²) in [4.78, 5) is 38.2. The molecule has 0 saturated heterocycles. The summed E-state index contributed by atoms with van der Waals surface area (Å²) >= 11 is 0. The van der Waals surface area contributed by atoms with E-state index in [1.807, 2.05) is 0 Å². The third kappa shape index (κ3) is 3.53. The summed E-state index contributed by atoms with van der Waals surface area (Å²) in [5, 5.41) is 9.45. The minimum atomic E-state index is -1.17. The van der Waals surface area contributed by atoms with Crippen molar-refractivity contribution in [2.75, 3.05) is 6.54 Å². The fourth-order valence-electron chi connectivity index (χ4n) is 3.19. The van der Waals surface area contributed by atoms with Gasteiger partial charge in [-0.25, -0.2) is 0 Å². The van der Waals surface area contributed by atoms with Gasteiger partial charge in [-0.2, -0.15) is 0 Å². The fourth-order valence-corrected chi connectivity index (χ4v) is 3.19. The molecular formula is C22H15NO7. The van der Waals surface area contributed by atoms with Crippen molar-refractivity contribution in [2.45, 2.75) is 0 Å². The van der Waals surface area contributed by atoms with Gasteiger partial charge in [0.1, 0.15) is 18.1 Å². The topological polar surface area (TPSA) is 114 Å². The largest absolute Gasteiger partial charge is 0.480 e. The molecule has 0 bridgehead atoms. The van der Waals surface area contributed by atoms with Crippen LogP contribution < -0.4 is 0 Å². The second-order valence-corrected chi connectivity index (χ2v) is 6.29. The van der Waals surface area contributed by atoms with E-state index >= 15 is 0 Å². The van der Waals surface area contributed by atoms with E-state index < -0.39 is 18.3 Å². The van der Waals surface area contributed by atoms with Crippen LogP contribution in [-0.2, 0) is 14.4 Å². The summed E-state index contributed by atoms with van der Waals surface area (Å²) in [7, 11) is 0. The first-order chi connectivity index (χ1) is 14.6. The summed E-state index contributed by atoms with van der Waals surface area (Å²) in [6, 6.07) is 9.74. The highest BCUT2D eigenvalue weighted by Crippen LogP contribution is 2.40. The molecule has 4 heterocycles. The van der Waals surface area contributed by atoms with Crippen molar-refractivity contribution >= 4 is 35.9 Å². The quantitative estimate of drug-likeness (QED) is 0.469. The Bertz CT molecular complexity index is 1160. The van der Waals surface area contributed by atoms with Crippen LogP contribution in [0.15, 0.2) is 85.3 Å². The van der Waals surface area contributed by atoms with Gasteiger partial charge in [-0.1, -0.05) is 0 Å². The Balaban J connectivity index is 1.94. The first-order valence-electron chi connectivity index (χ1n) is 8.86. The Morgan fingerprint density at radius 1 is 1.00 bits per heavy atom. The standard InChI is InChI=1S/C22H15NO7/c24-13-14(10-15-4-1-7-28-15)20-21(18-6-3-9-30-18)23(12-19(25)26)17(22(20)27)11-16-5-2-8-29-16/h1-11,13H,12H2,(H,25,26)/b14-10-,17-11+. The van der Waals surface area contributed by atoms with Crippen molar-refractivity contribution < 1.29 is 32.7 Å². The van der Waals surface area contributed by atoms with E-state index in [-0.39, 0.29) is 28.3 Å². The van der Waals surface area contributed by atoms with E-state index in [4.69, 9.17) is 13.3 Å². The summed E-state index contributed by atoms with van der Waals surface area (Å²) < 4.78 is 16.0. The Morgan fingerprint density at radius 3 is 2.23 bits per heavy atom. The highest BCUT2D eigenvalue weighted by atomic mass is 16.4. The third-order valence-corrected chi connectivity index (χ3v) is 4.38. The maximum Gasteiger partial charge on any atom is 0.323 e. The van der Waals surface area contributed by atoms with Crippen LogP contribution in [0.2, 0.25) is 0 Å². The first kappa shape index (κ1) is 19.0. The molecule has 0 unspecified atom stereocenters. The smallest absolute Gasteiger partial charge is 0.323 e. The van der Waals surface area contributed by atoms with Gasteiger partial charge in [-0.05, 0) is 42.5 Å². The van der Waals surface area contributed by atoms with Crippen LogP contribution in [0.3, 0.4) is 0 Å². The van der Waals surface area contributed by atoms with E-state index in [0.29, 0.717) is 17.8 Å². The molecule has 3 aromatic rings. The van der Waals surface area contributed by atoms with Gasteiger partial charge in [0.15, 0.2) is 12.0 Å².